The van der Waals surface area contributed by atoms with Crippen LogP contribution in [0.3, 0.4) is 0 Å². The molecule has 2 aromatic carbocycles. The highest BCUT2D eigenvalue weighted by Crippen LogP contribution is 2.34. The highest BCUT2D eigenvalue weighted by molar-refractivity contribution is 5.91. The monoisotopic (exact) mass is 557 g/mol. The van der Waals surface area contributed by atoms with Gasteiger partial charge in [-0.1, -0.05) is 96.1 Å². The van der Waals surface area contributed by atoms with Gasteiger partial charge in [0.15, 0.2) is 0 Å². The minimum absolute atomic E-state index is 0.318. The smallest absolute Gasteiger partial charge is 0.343 e. The van der Waals surface area contributed by atoms with Crippen LogP contribution >= 0.6 is 0 Å². The minimum atomic E-state index is -0.465. The SMILES string of the molecule is C=CCCCCCCCCOc1ccc(C(=O)Oc2ccc(CCC3CCC(CCCCC)CC3)cc2C#N)cc1. The summed E-state index contributed by atoms with van der Waals surface area (Å²) in [5.41, 5.74) is 1.99. The first kappa shape index (κ1) is 32.5. The van der Waals surface area contributed by atoms with Crippen LogP contribution < -0.4 is 9.47 Å². The number of nitriles is 1. The molecular formula is C37H51NO3. The van der Waals surface area contributed by atoms with E-state index in [1.165, 1.54) is 83.5 Å². The highest BCUT2D eigenvalue weighted by atomic mass is 16.5. The van der Waals surface area contributed by atoms with Crippen molar-refractivity contribution in [3.63, 3.8) is 0 Å². The number of esters is 1. The van der Waals surface area contributed by atoms with Gasteiger partial charge in [0.05, 0.1) is 17.7 Å². The molecule has 2 aromatic rings. The molecule has 41 heavy (non-hydrogen) atoms. The summed E-state index contributed by atoms with van der Waals surface area (Å²) < 4.78 is 11.5. The van der Waals surface area contributed by atoms with Crippen molar-refractivity contribution >= 4 is 5.97 Å². The van der Waals surface area contributed by atoms with E-state index in [-0.39, 0.29) is 0 Å². The Hall–Kier alpha value is -3.06. The lowest BCUT2D eigenvalue weighted by atomic mass is 9.78. The second-order valence-electron chi connectivity index (χ2n) is 11.8. The van der Waals surface area contributed by atoms with E-state index in [0.717, 1.165) is 48.8 Å². The van der Waals surface area contributed by atoms with E-state index in [2.05, 4.69) is 19.6 Å². The van der Waals surface area contributed by atoms with Crippen LogP contribution in [0, 0.1) is 23.2 Å². The first-order chi connectivity index (χ1) is 20.1. The maximum Gasteiger partial charge on any atom is 0.343 e. The molecule has 0 atom stereocenters. The van der Waals surface area contributed by atoms with Gasteiger partial charge in [-0.25, -0.2) is 4.79 Å². The van der Waals surface area contributed by atoms with E-state index in [4.69, 9.17) is 9.47 Å². The molecule has 0 amide bonds. The van der Waals surface area contributed by atoms with Crippen LogP contribution in [0.4, 0.5) is 0 Å². The first-order valence-corrected chi connectivity index (χ1v) is 16.2. The minimum Gasteiger partial charge on any atom is -0.494 e. The molecule has 0 saturated heterocycles. The van der Waals surface area contributed by atoms with Crippen LogP contribution in [0.15, 0.2) is 55.1 Å². The van der Waals surface area contributed by atoms with E-state index >= 15 is 0 Å². The van der Waals surface area contributed by atoms with Crippen LogP contribution in [-0.2, 0) is 6.42 Å². The molecule has 0 heterocycles. The van der Waals surface area contributed by atoms with Crippen molar-refractivity contribution in [1.82, 2.24) is 0 Å². The Kier molecular flexibility index (Phi) is 15.1. The molecule has 222 valence electrons. The molecule has 0 aromatic heterocycles. The van der Waals surface area contributed by atoms with Gasteiger partial charge in [0.1, 0.15) is 17.6 Å². The predicted molar refractivity (Wildman–Crippen MR) is 168 cm³/mol. The Bertz CT molecular complexity index is 1080. The molecule has 1 aliphatic carbocycles. The maximum atomic E-state index is 12.8. The average molecular weight is 558 g/mol. The van der Waals surface area contributed by atoms with Crippen molar-refractivity contribution < 1.29 is 14.3 Å². The van der Waals surface area contributed by atoms with Gasteiger partial charge in [0.2, 0.25) is 0 Å². The Balaban J connectivity index is 1.38. The summed E-state index contributed by atoms with van der Waals surface area (Å²) in [7, 11) is 0. The Morgan fingerprint density at radius 2 is 1.59 bits per heavy atom. The second kappa shape index (κ2) is 19.1. The zero-order chi connectivity index (χ0) is 29.1. The number of benzene rings is 2. The molecule has 4 nitrogen and oxygen atoms in total. The van der Waals surface area contributed by atoms with E-state index in [0.29, 0.717) is 23.5 Å². The summed E-state index contributed by atoms with van der Waals surface area (Å²) in [5, 5.41) is 9.72. The van der Waals surface area contributed by atoms with Crippen LogP contribution in [0.1, 0.15) is 131 Å². The lowest BCUT2D eigenvalue weighted by Gasteiger charge is -2.28. The molecular weight excluding hydrogens is 506 g/mol. The number of nitrogens with zero attached hydrogens (tertiary/aromatic N) is 1. The molecule has 0 aliphatic heterocycles. The van der Waals surface area contributed by atoms with Crippen molar-refractivity contribution in [3.05, 3.63) is 71.8 Å². The molecule has 0 unspecified atom stereocenters. The van der Waals surface area contributed by atoms with Crippen molar-refractivity contribution in [1.29, 1.82) is 5.26 Å². The zero-order valence-corrected chi connectivity index (χ0v) is 25.4. The maximum absolute atomic E-state index is 12.8. The highest BCUT2D eigenvalue weighted by Gasteiger charge is 2.21. The van der Waals surface area contributed by atoms with E-state index in [1.807, 2.05) is 18.2 Å². The lowest BCUT2D eigenvalue weighted by Crippen LogP contribution is -2.15. The van der Waals surface area contributed by atoms with Crippen LogP contribution in [-0.4, -0.2) is 12.6 Å². The summed E-state index contributed by atoms with van der Waals surface area (Å²) in [6.45, 7) is 6.71. The number of ether oxygens (including phenoxy) is 2. The zero-order valence-electron chi connectivity index (χ0n) is 25.4. The molecule has 0 spiro atoms. The Labute approximate surface area is 249 Å². The first-order valence-electron chi connectivity index (χ1n) is 16.2. The van der Waals surface area contributed by atoms with Crippen molar-refractivity contribution in [2.45, 2.75) is 116 Å². The standard InChI is InChI=1S/C37H51NO3/c1-3-5-7-8-9-10-11-13-27-40-35-24-22-33(23-25-35)37(39)41-36-26-21-32(28-34(36)29-38)20-19-31-17-15-30(16-18-31)14-12-6-4-2/h3,21-26,28,30-31H,1,4-20,27H2,2H3. The number of hydrogen-bond donors (Lipinski definition) is 0. The fraction of sp³-hybridized carbons (Fsp3) is 0.568. The third-order valence-corrected chi connectivity index (χ3v) is 8.55. The number of hydrogen-bond acceptors (Lipinski definition) is 4. The Morgan fingerprint density at radius 3 is 2.27 bits per heavy atom. The van der Waals surface area contributed by atoms with Gasteiger partial charge in [-0.2, -0.15) is 5.26 Å². The van der Waals surface area contributed by atoms with Gasteiger partial charge in [-0.3, -0.25) is 0 Å². The number of allylic oxidation sites excluding steroid dienone is 1. The summed E-state index contributed by atoms with van der Waals surface area (Å²) >= 11 is 0. The lowest BCUT2D eigenvalue weighted by molar-refractivity contribution is 0.0734. The van der Waals surface area contributed by atoms with Gasteiger partial charge in [0.25, 0.3) is 0 Å². The fourth-order valence-corrected chi connectivity index (χ4v) is 5.91. The molecule has 1 fully saturated rings. The number of carbonyl (C=O) groups is 1. The normalized spacial score (nSPS) is 16.6. The van der Waals surface area contributed by atoms with Gasteiger partial charge in [0, 0.05) is 0 Å². The molecule has 0 radical (unpaired) electrons. The topological polar surface area (TPSA) is 59.3 Å². The quantitative estimate of drug-likeness (QED) is 0.0746. The van der Waals surface area contributed by atoms with Crippen molar-refractivity contribution in [2.24, 2.45) is 11.8 Å². The van der Waals surface area contributed by atoms with Crippen molar-refractivity contribution in [2.75, 3.05) is 6.61 Å². The van der Waals surface area contributed by atoms with Gasteiger partial charge < -0.3 is 9.47 Å². The molecule has 3 rings (SSSR count). The summed E-state index contributed by atoms with van der Waals surface area (Å²) in [6.07, 6.45) is 23.3. The molecule has 4 heteroatoms. The van der Waals surface area contributed by atoms with Gasteiger partial charge >= 0.3 is 5.97 Å². The molecule has 1 saturated carbocycles. The van der Waals surface area contributed by atoms with E-state index in [1.54, 1.807) is 30.3 Å². The average Bonchev–Trinajstić information content (AvgIpc) is 3.00. The fourth-order valence-electron chi connectivity index (χ4n) is 5.91. The summed E-state index contributed by atoms with van der Waals surface area (Å²) in [4.78, 5) is 12.8. The van der Waals surface area contributed by atoms with Crippen molar-refractivity contribution in [3.8, 4) is 17.6 Å². The third-order valence-electron chi connectivity index (χ3n) is 8.55. The van der Waals surface area contributed by atoms with Crippen LogP contribution in [0.25, 0.3) is 0 Å². The van der Waals surface area contributed by atoms with Gasteiger partial charge in [-0.05, 0) is 85.9 Å². The predicted octanol–water partition coefficient (Wildman–Crippen LogP) is 10.4. The largest absolute Gasteiger partial charge is 0.494 e. The van der Waals surface area contributed by atoms with Gasteiger partial charge in [-0.15, -0.1) is 6.58 Å². The second-order valence-corrected chi connectivity index (χ2v) is 11.8. The third kappa shape index (κ3) is 12.1. The van der Waals surface area contributed by atoms with E-state index in [9.17, 15) is 10.1 Å². The molecule has 0 bridgehead atoms. The molecule has 0 N–H and O–H groups in total. The summed E-state index contributed by atoms with van der Waals surface area (Å²) in [6, 6.07) is 14.9. The summed E-state index contributed by atoms with van der Waals surface area (Å²) in [5.74, 6) is 2.31. The molecule has 1 aliphatic rings. The number of rotatable bonds is 19. The Morgan fingerprint density at radius 1 is 0.902 bits per heavy atom. The van der Waals surface area contributed by atoms with Crippen LogP contribution in [0.2, 0.25) is 0 Å². The van der Waals surface area contributed by atoms with Crippen LogP contribution in [0.5, 0.6) is 11.5 Å². The number of unbranched alkanes of at least 4 members (excludes halogenated alkanes) is 8. The number of aryl methyl sites for hydroxylation is 1. The number of carbonyl (C=O) groups excluding carboxylic acids is 1. The van der Waals surface area contributed by atoms with E-state index < -0.39 is 5.97 Å².